The van der Waals surface area contributed by atoms with E-state index < -0.39 is 0 Å². The number of nitrogens with zero attached hydrogens (tertiary/aromatic N) is 1. The zero-order chi connectivity index (χ0) is 13.8. The number of piperidine rings is 1. The molecular weight excluding hydrogens is 262 g/mol. The van der Waals surface area contributed by atoms with Crippen LogP contribution in [0, 0.1) is 5.92 Å². The standard InChI is InChI=1S/C15H22ClNO2/c1-3-19-15-5-4-11(9-13(15)16)8-12-10-17(2)7-6-14(12)18/h4-5,9,12,14,18H,3,6-8,10H2,1-2H3. The van der Waals surface area contributed by atoms with Crippen LogP contribution in [0.1, 0.15) is 18.9 Å². The van der Waals surface area contributed by atoms with Crippen LogP contribution in [-0.2, 0) is 6.42 Å². The molecule has 2 unspecified atom stereocenters. The first-order valence-corrected chi connectivity index (χ1v) is 7.25. The summed E-state index contributed by atoms with van der Waals surface area (Å²) < 4.78 is 5.43. The van der Waals surface area contributed by atoms with Gasteiger partial charge in [-0.1, -0.05) is 17.7 Å². The van der Waals surface area contributed by atoms with Crippen molar-refractivity contribution < 1.29 is 9.84 Å². The van der Waals surface area contributed by atoms with E-state index in [0.717, 1.165) is 37.2 Å². The van der Waals surface area contributed by atoms with E-state index in [1.807, 2.05) is 25.1 Å². The van der Waals surface area contributed by atoms with Crippen molar-refractivity contribution in [1.82, 2.24) is 4.90 Å². The molecule has 1 aliphatic heterocycles. The molecule has 0 aliphatic carbocycles. The predicted molar refractivity (Wildman–Crippen MR) is 77.9 cm³/mol. The predicted octanol–water partition coefficient (Wildman–Crippen LogP) is 2.59. The van der Waals surface area contributed by atoms with Gasteiger partial charge in [0.1, 0.15) is 5.75 Å². The molecule has 0 radical (unpaired) electrons. The van der Waals surface area contributed by atoms with Gasteiger partial charge in [0.15, 0.2) is 0 Å². The molecule has 1 aromatic rings. The molecule has 2 atom stereocenters. The summed E-state index contributed by atoms with van der Waals surface area (Å²) in [5.41, 5.74) is 1.16. The van der Waals surface area contributed by atoms with Crippen molar-refractivity contribution in [2.45, 2.75) is 25.9 Å². The topological polar surface area (TPSA) is 32.7 Å². The van der Waals surface area contributed by atoms with Crippen molar-refractivity contribution in [3.05, 3.63) is 28.8 Å². The molecule has 19 heavy (non-hydrogen) atoms. The minimum absolute atomic E-state index is 0.207. The summed E-state index contributed by atoms with van der Waals surface area (Å²) in [6, 6.07) is 5.91. The molecule has 3 nitrogen and oxygen atoms in total. The fraction of sp³-hybridized carbons (Fsp3) is 0.600. The van der Waals surface area contributed by atoms with Crippen molar-refractivity contribution >= 4 is 11.6 Å². The van der Waals surface area contributed by atoms with Gasteiger partial charge in [-0.3, -0.25) is 0 Å². The van der Waals surface area contributed by atoms with Gasteiger partial charge in [0.25, 0.3) is 0 Å². The highest BCUT2D eigenvalue weighted by Crippen LogP contribution is 2.28. The first-order chi connectivity index (χ1) is 9.10. The van der Waals surface area contributed by atoms with Gasteiger partial charge in [0.05, 0.1) is 17.7 Å². The Bertz CT molecular complexity index is 425. The zero-order valence-corrected chi connectivity index (χ0v) is 12.4. The van der Waals surface area contributed by atoms with Crippen molar-refractivity contribution in [1.29, 1.82) is 0 Å². The number of halogens is 1. The highest BCUT2D eigenvalue weighted by molar-refractivity contribution is 6.32. The van der Waals surface area contributed by atoms with Gasteiger partial charge >= 0.3 is 0 Å². The number of likely N-dealkylation sites (tertiary alicyclic amines) is 1. The highest BCUT2D eigenvalue weighted by Gasteiger charge is 2.26. The average molecular weight is 284 g/mol. The van der Waals surface area contributed by atoms with E-state index in [2.05, 4.69) is 11.9 Å². The molecule has 0 saturated carbocycles. The number of hydrogen-bond donors (Lipinski definition) is 1. The largest absolute Gasteiger partial charge is 0.492 e. The summed E-state index contributed by atoms with van der Waals surface area (Å²) in [4.78, 5) is 2.27. The number of aliphatic hydroxyl groups excluding tert-OH is 1. The Morgan fingerprint density at radius 3 is 2.95 bits per heavy atom. The fourth-order valence-electron chi connectivity index (χ4n) is 2.65. The van der Waals surface area contributed by atoms with Crippen LogP contribution in [0.5, 0.6) is 5.75 Å². The Morgan fingerprint density at radius 2 is 2.26 bits per heavy atom. The molecule has 0 amide bonds. The van der Waals surface area contributed by atoms with Gasteiger partial charge in [-0.15, -0.1) is 0 Å². The van der Waals surface area contributed by atoms with Crippen LogP contribution >= 0.6 is 11.6 Å². The summed E-state index contributed by atoms with van der Waals surface area (Å²) in [6.45, 7) is 4.47. The third-order valence-electron chi connectivity index (χ3n) is 3.69. The van der Waals surface area contributed by atoms with Gasteiger partial charge < -0.3 is 14.7 Å². The summed E-state index contributed by atoms with van der Waals surface area (Å²) >= 11 is 6.19. The first kappa shape index (κ1) is 14.6. The van der Waals surface area contributed by atoms with Gasteiger partial charge in [-0.05, 0) is 44.5 Å². The molecule has 0 spiro atoms. The second-order valence-corrected chi connectivity index (χ2v) is 5.69. The smallest absolute Gasteiger partial charge is 0.137 e. The van der Waals surface area contributed by atoms with Crippen LogP contribution in [0.4, 0.5) is 0 Å². The second-order valence-electron chi connectivity index (χ2n) is 5.28. The molecular formula is C15H22ClNO2. The highest BCUT2D eigenvalue weighted by atomic mass is 35.5. The van der Waals surface area contributed by atoms with Gasteiger partial charge in [-0.2, -0.15) is 0 Å². The van der Waals surface area contributed by atoms with E-state index in [-0.39, 0.29) is 12.0 Å². The van der Waals surface area contributed by atoms with E-state index in [9.17, 15) is 5.11 Å². The van der Waals surface area contributed by atoms with Crippen molar-refractivity contribution in [2.75, 3.05) is 26.7 Å². The number of hydrogen-bond acceptors (Lipinski definition) is 3. The number of rotatable bonds is 4. The summed E-state index contributed by atoms with van der Waals surface area (Å²) in [7, 11) is 2.10. The van der Waals surface area contributed by atoms with E-state index in [4.69, 9.17) is 16.3 Å². The lowest BCUT2D eigenvalue weighted by atomic mass is 9.89. The number of aliphatic hydroxyl groups is 1. The second kappa shape index (κ2) is 6.60. The van der Waals surface area contributed by atoms with Gasteiger partial charge in [0, 0.05) is 19.0 Å². The van der Waals surface area contributed by atoms with E-state index >= 15 is 0 Å². The lowest BCUT2D eigenvalue weighted by Crippen LogP contribution is -2.41. The molecule has 0 aromatic heterocycles. The molecule has 1 aromatic carbocycles. The average Bonchev–Trinajstić information content (AvgIpc) is 2.37. The molecule has 4 heteroatoms. The van der Waals surface area contributed by atoms with Crippen LogP contribution < -0.4 is 4.74 Å². The third kappa shape index (κ3) is 3.85. The van der Waals surface area contributed by atoms with Crippen LogP contribution in [-0.4, -0.2) is 42.9 Å². The quantitative estimate of drug-likeness (QED) is 0.922. The molecule has 1 aliphatic rings. The molecule has 1 N–H and O–H groups in total. The van der Waals surface area contributed by atoms with E-state index in [1.54, 1.807) is 0 Å². The monoisotopic (exact) mass is 283 g/mol. The molecule has 1 saturated heterocycles. The van der Waals surface area contributed by atoms with Crippen LogP contribution in [0.3, 0.4) is 0 Å². The lowest BCUT2D eigenvalue weighted by molar-refractivity contribution is 0.0366. The Kier molecular flexibility index (Phi) is 5.08. The summed E-state index contributed by atoms with van der Waals surface area (Å²) in [6.07, 6.45) is 1.50. The van der Waals surface area contributed by atoms with Gasteiger partial charge in [-0.25, -0.2) is 0 Å². The third-order valence-corrected chi connectivity index (χ3v) is 3.99. The zero-order valence-electron chi connectivity index (χ0n) is 11.6. The number of benzene rings is 1. The molecule has 1 heterocycles. The van der Waals surface area contributed by atoms with Crippen LogP contribution in [0.25, 0.3) is 0 Å². The van der Waals surface area contributed by atoms with Gasteiger partial charge in [0.2, 0.25) is 0 Å². The normalized spacial score (nSPS) is 24.4. The molecule has 106 valence electrons. The Balaban J connectivity index is 2.04. The minimum atomic E-state index is -0.207. The molecule has 0 bridgehead atoms. The Morgan fingerprint density at radius 1 is 1.47 bits per heavy atom. The maximum Gasteiger partial charge on any atom is 0.137 e. The van der Waals surface area contributed by atoms with Crippen LogP contribution in [0.2, 0.25) is 5.02 Å². The van der Waals surface area contributed by atoms with Crippen molar-refractivity contribution in [3.8, 4) is 5.75 Å². The molecule has 2 rings (SSSR count). The minimum Gasteiger partial charge on any atom is -0.492 e. The van der Waals surface area contributed by atoms with E-state index in [0.29, 0.717) is 11.6 Å². The van der Waals surface area contributed by atoms with Crippen LogP contribution in [0.15, 0.2) is 18.2 Å². The summed E-state index contributed by atoms with van der Waals surface area (Å²) in [5.74, 6) is 1.02. The summed E-state index contributed by atoms with van der Waals surface area (Å²) in [5, 5.41) is 10.7. The van der Waals surface area contributed by atoms with Crippen molar-refractivity contribution in [3.63, 3.8) is 0 Å². The first-order valence-electron chi connectivity index (χ1n) is 6.88. The Labute approximate surface area is 120 Å². The maximum atomic E-state index is 10.1. The van der Waals surface area contributed by atoms with E-state index in [1.165, 1.54) is 0 Å². The lowest BCUT2D eigenvalue weighted by Gasteiger charge is -2.34. The molecule has 1 fully saturated rings. The van der Waals surface area contributed by atoms with Crippen molar-refractivity contribution in [2.24, 2.45) is 5.92 Å². The fourth-order valence-corrected chi connectivity index (χ4v) is 2.91. The maximum absolute atomic E-state index is 10.1. The SMILES string of the molecule is CCOc1ccc(CC2CN(C)CCC2O)cc1Cl. The number of ether oxygens (including phenoxy) is 1. The Hall–Kier alpha value is -0.770.